The molecule has 3 aliphatic heterocycles. The van der Waals surface area contributed by atoms with E-state index in [0.29, 0.717) is 0 Å². The third kappa shape index (κ3) is 4.45. The van der Waals surface area contributed by atoms with E-state index in [2.05, 4.69) is 56.5 Å². The molecule has 172 valence electrons. The molecule has 0 unspecified atom stereocenters. The molecule has 0 amide bonds. The molecule has 0 radical (unpaired) electrons. The number of rotatable bonds is 6. The lowest BCUT2D eigenvalue weighted by Crippen LogP contribution is -2.34. The van der Waals surface area contributed by atoms with Crippen LogP contribution in [0.2, 0.25) is 0 Å². The molecule has 0 bridgehead atoms. The molecule has 4 heterocycles. The van der Waals surface area contributed by atoms with Gasteiger partial charge in [-0.25, -0.2) is 4.98 Å². The highest BCUT2D eigenvalue weighted by Crippen LogP contribution is 2.35. The van der Waals surface area contributed by atoms with E-state index in [1.54, 1.807) is 11.8 Å². The fraction of sp³-hybridized carbons (Fsp3) is 0.320. The highest BCUT2D eigenvalue weighted by Gasteiger charge is 2.25. The van der Waals surface area contributed by atoms with Crippen LogP contribution in [-0.4, -0.2) is 41.1 Å². The number of thioether (sulfide) groups is 1. The SMILES string of the molecule is C1=c2ccccc2=C2NNC(c3nc4ccc(OCCCN5CCCCC5)cc4[nH]3)=C2S1.Cl. The monoisotopic (exact) mass is 481 g/mol. The average Bonchev–Trinajstić information content (AvgIpc) is 3.46. The van der Waals surface area contributed by atoms with Crippen molar-refractivity contribution < 1.29 is 4.74 Å². The summed E-state index contributed by atoms with van der Waals surface area (Å²) < 4.78 is 6.04. The van der Waals surface area contributed by atoms with Crippen LogP contribution in [0.5, 0.6) is 5.75 Å². The maximum absolute atomic E-state index is 6.04. The standard InChI is InChI=1S/C25H27N5OS.ClH/c1-4-11-30(12-5-1)13-6-14-31-18-9-10-20-21(15-18)27-25(26-20)23-24-22(28-29-23)19-8-3-2-7-17(19)16-32-24;/h2-3,7-10,15-16,28-29H,1,4-6,11-14H2,(H,26,27);1H. The van der Waals surface area contributed by atoms with Gasteiger partial charge in [-0.15, -0.1) is 12.4 Å². The predicted octanol–water partition coefficient (Wildman–Crippen LogP) is 3.31. The molecule has 2 aromatic carbocycles. The van der Waals surface area contributed by atoms with E-state index in [0.717, 1.165) is 58.5 Å². The Morgan fingerprint density at radius 1 is 1.00 bits per heavy atom. The maximum Gasteiger partial charge on any atom is 0.157 e. The topological polar surface area (TPSA) is 65.2 Å². The van der Waals surface area contributed by atoms with Gasteiger partial charge >= 0.3 is 0 Å². The number of ether oxygens (including phenoxy) is 1. The van der Waals surface area contributed by atoms with Crippen LogP contribution in [0.15, 0.2) is 47.4 Å². The van der Waals surface area contributed by atoms with E-state index in [9.17, 15) is 0 Å². The van der Waals surface area contributed by atoms with Crippen LogP contribution in [0.4, 0.5) is 0 Å². The van der Waals surface area contributed by atoms with Gasteiger partial charge in [-0.1, -0.05) is 42.4 Å². The second kappa shape index (κ2) is 9.71. The molecule has 3 aromatic rings. The van der Waals surface area contributed by atoms with Crippen molar-refractivity contribution in [3.8, 4) is 5.75 Å². The summed E-state index contributed by atoms with van der Waals surface area (Å²) in [6, 6.07) is 14.5. The van der Waals surface area contributed by atoms with Gasteiger partial charge in [0.2, 0.25) is 0 Å². The second-order valence-electron chi connectivity index (χ2n) is 8.52. The number of likely N-dealkylation sites (tertiary alicyclic amines) is 1. The minimum Gasteiger partial charge on any atom is -0.493 e. The molecule has 0 spiro atoms. The second-order valence-corrected chi connectivity index (χ2v) is 9.40. The molecule has 1 fully saturated rings. The number of hydrogen-bond donors (Lipinski definition) is 3. The first-order valence-electron chi connectivity index (χ1n) is 11.4. The van der Waals surface area contributed by atoms with Crippen LogP contribution in [0.3, 0.4) is 0 Å². The summed E-state index contributed by atoms with van der Waals surface area (Å²) in [5.41, 5.74) is 10.7. The molecule has 33 heavy (non-hydrogen) atoms. The van der Waals surface area contributed by atoms with Crippen LogP contribution in [0.1, 0.15) is 31.5 Å². The van der Waals surface area contributed by atoms with Crippen molar-refractivity contribution in [2.75, 3.05) is 26.2 Å². The molecule has 8 heteroatoms. The fourth-order valence-corrected chi connectivity index (χ4v) is 5.64. The van der Waals surface area contributed by atoms with Gasteiger partial charge in [0.1, 0.15) is 11.4 Å². The van der Waals surface area contributed by atoms with Gasteiger partial charge in [0.15, 0.2) is 5.82 Å². The quantitative estimate of drug-likeness (QED) is 0.469. The molecule has 0 atom stereocenters. The zero-order valence-electron chi connectivity index (χ0n) is 18.4. The summed E-state index contributed by atoms with van der Waals surface area (Å²) in [6.45, 7) is 4.35. The van der Waals surface area contributed by atoms with E-state index in [4.69, 9.17) is 9.72 Å². The number of H-pyrrole nitrogens is 1. The van der Waals surface area contributed by atoms with Gasteiger partial charge in [0.25, 0.3) is 0 Å². The van der Waals surface area contributed by atoms with Crippen molar-refractivity contribution in [1.82, 2.24) is 25.7 Å². The molecular formula is C25H28ClN5OS. The van der Waals surface area contributed by atoms with Crippen molar-refractivity contribution in [2.45, 2.75) is 25.7 Å². The average molecular weight is 482 g/mol. The molecule has 3 aliphatic rings. The Kier molecular flexibility index (Phi) is 6.53. The summed E-state index contributed by atoms with van der Waals surface area (Å²) in [5.74, 6) is 1.73. The third-order valence-corrected chi connectivity index (χ3v) is 7.34. The highest BCUT2D eigenvalue weighted by atomic mass is 35.5. The van der Waals surface area contributed by atoms with E-state index in [-0.39, 0.29) is 12.4 Å². The Morgan fingerprint density at radius 2 is 1.85 bits per heavy atom. The Hall–Kier alpha value is -2.61. The first-order valence-corrected chi connectivity index (χ1v) is 12.3. The van der Waals surface area contributed by atoms with Gasteiger partial charge in [-0.05, 0) is 55.1 Å². The lowest BCUT2D eigenvalue weighted by molar-refractivity contribution is 0.205. The van der Waals surface area contributed by atoms with Gasteiger partial charge in [0, 0.05) is 17.8 Å². The summed E-state index contributed by atoms with van der Waals surface area (Å²) in [6.07, 6.45) is 5.12. The van der Waals surface area contributed by atoms with Crippen molar-refractivity contribution in [1.29, 1.82) is 0 Å². The van der Waals surface area contributed by atoms with E-state index in [1.165, 1.54) is 42.8 Å². The Balaban J connectivity index is 0.00000228. The van der Waals surface area contributed by atoms with E-state index < -0.39 is 0 Å². The number of aromatic amines is 1. The Bertz CT molecular complexity index is 1310. The summed E-state index contributed by atoms with van der Waals surface area (Å²) in [4.78, 5) is 12.0. The van der Waals surface area contributed by atoms with Crippen LogP contribution in [0, 0.1) is 0 Å². The Morgan fingerprint density at radius 3 is 2.76 bits per heavy atom. The summed E-state index contributed by atoms with van der Waals surface area (Å²) in [7, 11) is 0. The van der Waals surface area contributed by atoms with Crippen LogP contribution in [0.25, 0.3) is 27.8 Å². The number of halogens is 1. The highest BCUT2D eigenvalue weighted by molar-refractivity contribution is 8.10. The van der Waals surface area contributed by atoms with Gasteiger partial charge in [-0.3, -0.25) is 10.9 Å². The smallest absolute Gasteiger partial charge is 0.157 e. The molecule has 3 N–H and O–H groups in total. The van der Waals surface area contributed by atoms with Crippen molar-refractivity contribution in [3.63, 3.8) is 0 Å². The molecule has 1 aromatic heterocycles. The number of nitrogens with one attached hydrogen (secondary N) is 3. The summed E-state index contributed by atoms with van der Waals surface area (Å²) >= 11 is 1.72. The third-order valence-electron chi connectivity index (χ3n) is 6.33. The number of piperidine rings is 1. The Labute approximate surface area is 203 Å². The van der Waals surface area contributed by atoms with Crippen LogP contribution in [-0.2, 0) is 0 Å². The lowest BCUT2D eigenvalue weighted by Gasteiger charge is -2.26. The van der Waals surface area contributed by atoms with E-state index >= 15 is 0 Å². The molecule has 6 nitrogen and oxygen atoms in total. The number of aromatic nitrogens is 2. The fourth-order valence-electron chi connectivity index (χ4n) is 4.65. The molecule has 6 rings (SSSR count). The van der Waals surface area contributed by atoms with Crippen LogP contribution >= 0.6 is 24.2 Å². The first-order chi connectivity index (χ1) is 15.8. The first kappa shape index (κ1) is 22.2. The molecular weight excluding hydrogens is 454 g/mol. The van der Waals surface area contributed by atoms with Crippen molar-refractivity contribution in [3.05, 3.63) is 63.6 Å². The van der Waals surface area contributed by atoms with Gasteiger partial charge < -0.3 is 14.6 Å². The van der Waals surface area contributed by atoms with Gasteiger partial charge in [0.05, 0.1) is 28.2 Å². The number of nitrogens with zero attached hydrogens (tertiary/aromatic N) is 2. The normalized spacial score (nSPS) is 17.5. The number of hydrogen-bond acceptors (Lipinski definition) is 6. The predicted molar refractivity (Wildman–Crippen MR) is 138 cm³/mol. The lowest BCUT2D eigenvalue weighted by atomic mass is 10.1. The van der Waals surface area contributed by atoms with E-state index in [1.807, 2.05) is 12.1 Å². The number of benzene rings is 2. The zero-order valence-corrected chi connectivity index (χ0v) is 20.0. The molecule has 0 saturated carbocycles. The largest absolute Gasteiger partial charge is 0.493 e. The number of imidazole rings is 1. The van der Waals surface area contributed by atoms with Crippen molar-refractivity contribution in [2.24, 2.45) is 0 Å². The number of hydrazine groups is 1. The van der Waals surface area contributed by atoms with Gasteiger partial charge in [-0.2, -0.15) is 0 Å². The zero-order chi connectivity index (χ0) is 21.3. The van der Waals surface area contributed by atoms with Crippen molar-refractivity contribution >= 4 is 52.0 Å². The molecule has 1 saturated heterocycles. The minimum atomic E-state index is 0. The summed E-state index contributed by atoms with van der Waals surface area (Å²) in [5, 5.41) is 4.64. The maximum atomic E-state index is 6.04. The minimum absolute atomic E-state index is 0. The van der Waals surface area contributed by atoms with Crippen LogP contribution < -0.4 is 26.0 Å². The molecule has 0 aliphatic carbocycles. The number of fused-ring (bicyclic) bond motifs is 3.